The summed E-state index contributed by atoms with van der Waals surface area (Å²) in [6, 6.07) is 0.445. The molecule has 0 amide bonds. The lowest BCUT2D eigenvalue weighted by atomic mass is 9.83. The molecule has 2 rings (SSSR count). The third-order valence-corrected chi connectivity index (χ3v) is 4.65. The van der Waals surface area contributed by atoms with Crippen molar-refractivity contribution in [1.82, 2.24) is 14.5 Å². The molecule has 0 spiro atoms. The number of aryl methyl sites for hydroxylation is 1. The smallest absolute Gasteiger partial charge is 0.312 e. The molecular formula is C17H31N3O. The second-order valence-electron chi connectivity index (χ2n) is 6.39. The summed E-state index contributed by atoms with van der Waals surface area (Å²) < 4.78 is 3.73. The molecule has 120 valence electrons. The van der Waals surface area contributed by atoms with Crippen molar-refractivity contribution in [2.45, 2.75) is 77.9 Å². The van der Waals surface area contributed by atoms with Crippen LogP contribution in [0.4, 0.5) is 0 Å². The summed E-state index contributed by atoms with van der Waals surface area (Å²) in [4.78, 5) is 12.3. The van der Waals surface area contributed by atoms with Gasteiger partial charge >= 0.3 is 5.69 Å². The second-order valence-corrected chi connectivity index (χ2v) is 6.39. The van der Waals surface area contributed by atoms with Crippen molar-refractivity contribution < 1.29 is 0 Å². The van der Waals surface area contributed by atoms with Crippen molar-refractivity contribution in [3.63, 3.8) is 0 Å². The van der Waals surface area contributed by atoms with E-state index in [-0.39, 0.29) is 5.69 Å². The van der Waals surface area contributed by atoms with Crippen molar-refractivity contribution >= 4 is 0 Å². The molecule has 21 heavy (non-hydrogen) atoms. The minimum Gasteiger partial charge on any atom is -0.312 e. The monoisotopic (exact) mass is 293 g/mol. The van der Waals surface area contributed by atoms with Crippen LogP contribution in [0.2, 0.25) is 0 Å². The lowest BCUT2D eigenvalue weighted by molar-refractivity contribution is 0.246. The Bertz CT molecular complexity index is 457. The van der Waals surface area contributed by atoms with Crippen LogP contribution in [-0.2, 0) is 13.1 Å². The summed E-state index contributed by atoms with van der Waals surface area (Å²) in [6.45, 7) is 7.00. The molecule has 0 aromatic carbocycles. The highest BCUT2D eigenvalue weighted by Crippen LogP contribution is 2.27. The normalized spacial score (nSPS) is 18.0. The number of aromatic nitrogens is 2. The SMILES string of the molecule is CCCNC(Cn1ccn(CCC)c1=O)C1CCCCC1. The largest absolute Gasteiger partial charge is 0.328 e. The molecule has 0 radical (unpaired) electrons. The summed E-state index contributed by atoms with van der Waals surface area (Å²) in [7, 11) is 0. The Kier molecular flexibility index (Phi) is 6.55. The lowest BCUT2D eigenvalue weighted by Crippen LogP contribution is -2.43. The first-order valence-electron chi connectivity index (χ1n) is 8.75. The zero-order valence-corrected chi connectivity index (χ0v) is 13.7. The number of nitrogens with one attached hydrogen (secondary N) is 1. The van der Waals surface area contributed by atoms with Crippen molar-refractivity contribution in [2.75, 3.05) is 6.54 Å². The molecule has 1 saturated carbocycles. The molecule has 1 aliphatic carbocycles. The molecular weight excluding hydrogens is 262 g/mol. The number of hydrogen-bond acceptors (Lipinski definition) is 2. The van der Waals surface area contributed by atoms with E-state index in [1.165, 1.54) is 32.1 Å². The van der Waals surface area contributed by atoms with Crippen LogP contribution in [0.25, 0.3) is 0 Å². The standard InChI is InChI=1S/C17H31N3O/c1-3-10-18-16(15-8-6-5-7-9-15)14-20-13-12-19(11-4-2)17(20)21/h12-13,15-16,18H,3-11,14H2,1-2H3. The first-order chi connectivity index (χ1) is 10.3. The molecule has 1 atom stereocenters. The van der Waals surface area contributed by atoms with E-state index in [1.54, 1.807) is 0 Å². The summed E-state index contributed by atoms with van der Waals surface area (Å²) >= 11 is 0. The molecule has 0 aliphatic heterocycles. The van der Waals surface area contributed by atoms with E-state index in [0.29, 0.717) is 6.04 Å². The summed E-state index contributed by atoms with van der Waals surface area (Å²) in [5.41, 5.74) is 0.149. The highest BCUT2D eigenvalue weighted by molar-refractivity contribution is 4.86. The minimum absolute atomic E-state index is 0.149. The second kappa shape index (κ2) is 8.42. The Morgan fingerprint density at radius 2 is 1.86 bits per heavy atom. The fraction of sp³-hybridized carbons (Fsp3) is 0.824. The van der Waals surface area contributed by atoms with Gasteiger partial charge in [0.1, 0.15) is 0 Å². The molecule has 1 unspecified atom stereocenters. The fourth-order valence-electron chi connectivity index (χ4n) is 3.46. The zero-order chi connectivity index (χ0) is 15.1. The average molecular weight is 293 g/mol. The van der Waals surface area contributed by atoms with Crippen molar-refractivity contribution in [2.24, 2.45) is 5.92 Å². The highest BCUT2D eigenvalue weighted by atomic mass is 16.1. The van der Waals surface area contributed by atoms with Crippen molar-refractivity contribution in [3.05, 3.63) is 22.9 Å². The minimum atomic E-state index is 0.149. The number of nitrogens with zero attached hydrogens (tertiary/aromatic N) is 2. The van der Waals surface area contributed by atoms with Gasteiger partial charge in [0.2, 0.25) is 0 Å². The van der Waals surface area contributed by atoms with Crippen LogP contribution in [-0.4, -0.2) is 21.7 Å². The Morgan fingerprint density at radius 3 is 2.52 bits per heavy atom. The molecule has 1 N–H and O–H groups in total. The predicted molar refractivity (Wildman–Crippen MR) is 87.6 cm³/mol. The fourth-order valence-corrected chi connectivity index (χ4v) is 3.46. The maximum absolute atomic E-state index is 12.3. The Labute approximate surface area is 128 Å². The van der Waals surface area contributed by atoms with Gasteiger partial charge in [-0.05, 0) is 38.1 Å². The van der Waals surface area contributed by atoms with E-state index in [4.69, 9.17) is 0 Å². The summed E-state index contributed by atoms with van der Waals surface area (Å²) in [5.74, 6) is 0.728. The van der Waals surface area contributed by atoms with Gasteiger partial charge in [0.25, 0.3) is 0 Å². The average Bonchev–Trinajstić information content (AvgIpc) is 2.86. The molecule has 1 heterocycles. The van der Waals surface area contributed by atoms with Crippen LogP contribution < -0.4 is 11.0 Å². The molecule has 0 bridgehead atoms. The van der Waals surface area contributed by atoms with Gasteiger partial charge in [0.15, 0.2) is 0 Å². The van der Waals surface area contributed by atoms with E-state index >= 15 is 0 Å². The maximum Gasteiger partial charge on any atom is 0.328 e. The van der Waals surface area contributed by atoms with Gasteiger partial charge < -0.3 is 5.32 Å². The van der Waals surface area contributed by atoms with Gasteiger partial charge in [-0.2, -0.15) is 0 Å². The van der Waals surface area contributed by atoms with Gasteiger partial charge in [-0.25, -0.2) is 4.79 Å². The van der Waals surface area contributed by atoms with Gasteiger partial charge in [0, 0.05) is 31.5 Å². The van der Waals surface area contributed by atoms with Crippen molar-refractivity contribution in [1.29, 1.82) is 0 Å². The van der Waals surface area contributed by atoms with Crippen LogP contribution in [0.3, 0.4) is 0 Å². The molecule has 4 heteroatoms. The van der Waals surface area contributed by atoms with Crippen molar-refractivity contribution in [3.8, 4) is 0 Å². The third kappa shape index (κ3) is 4.47. The highest BCUT2D eigenvalue weighted by Gasteiger charge is 2.24. The van der Waals surface area contributed by atoms with Crippen LogP contribution in [0.5, 0.6) is 0 Å². The quantitative estimate of drug-likeness (QED) is 0.800. The first-order valence-corrected chi connectivity index (χ1v) is 8.75. The van der Waals surface area contributed by atoms with Crippen LogP contribution in [0.1, 0.15) is 58.8 Å². The molecule has 1 aromatic rings. The Balaban J connectivity index is 2.04. The number of rotatable bonds is 8. The van der Waals surface area contributed by atoms with Gasteiger partial charge in [-0.15, -0.1) is 0 Å². The maximum atomic E-state index is 12.3. The topological polar surface area (TPSA) is 39.0 Å². The molecule has 1 fully saturated rings. The Hall–Kier alpha value is -1.03. The first kappa shape index (κ1) is 16.3. The summed E-state index contributed by atoms with van der Waals surface area (Å²) in [6.07, 6.45) is 12.7. The predicted octanol–water partition coefficient (Wildman–Crippen LogP) is 3.01. The molecule has 0 saturated heterocycles. The van der Waals surface area contributed by atoms with E-state index in [0.717, 1.165) is 38.4 Å². The van der Waals surface area contributed by atoms with Gasteiger partial charge in [-0.1, -0.05) is 33.1 Å². The van der Waals surface area contributed by atoms with E-state index in [1.807, 2.05) is 21.5 Å². The molecule has 4 nitrogen and oxygen atoms in total. The molecule has 1 aromatic heterocycles. The van der Waals surface area contributed by atoms with E-state index < -0.39 is 0 Å². The van der Waals surface area contributed by atoms with Crippen LogP contribution in [0, 0.1) is 5.92 Å². The zero-order valence-electron chi connectivity index (χ0n) is 13.7. The van der Waals surface area contributed by atoms with Crippen LogP contribution >= 0.6 is 0 Å². The Morgan fingerprint density at radius 1 is 1.14 bits per heavy atom. The van der Waals surface area contributed by atoms with Gasteiger partial charge in [0.05, 0.1) is 0 Å². The molecule has 1 aliphatic rings. The van der Waals surface area contributed by atoms with E-state index in [9.17, 15) is 4.79 Å². The number of imidazole rings is 1. The number of hydrogen-bond donors (Lipinski definition) is 1. The third-order valence-electron chi connectivity index (χ3n) is 4.65. The van der Waals surface area contributed by atoms with Gasteiger partial charge in [-0.3, -0.25) is 9.13 Å². The summed E-state index contributed by atoms with van der Waals surface area (Å²) in [5, 5.41) is 3.69. The van der Waals surface area contributed by atoms with E-state index in [2.05, 4.69) is 19.2 Å². The van der Waals surface area contributed by atoms with Crippen LogP contribution in [0.15, 0.2) is 17.2 Å². The lowest BCUT2D eigenvalue weighted by Gasteiger charge is -2.31.